The quantitative estimate of drug-likeness (QED) is 0.0338. The first kappa shape index (κ1) is 49.5. The van der Waals surface area contributed by atoms with Gasteiger partial charge in [-0.1, -0.05) is 57.4 Å². The van der Waals surface area contributed by atoms with Crippen LogP contribution in [0, 0.1) is 11.8 Å². The second kappa shape index (κ2) is 25.7. The molecule has 65 heavy (non-hydrogen) atoms. The molecule has 0 atom stereocenters. The largest absolute Gasteiger partial charge is 0.462 e. The van der Waals surface area contributed by atoms with Crippen LogP contribution in [0.25, 0.3) is 12.2 Å². The van der Waals surface area contributed by atoms with Crippen molar-refractivity contribution in [3.8, 4) is 0 Å². The van der Waals surface area contributed by atoms with Crippen LogP contribution in [0.3, 0.4) is 0 Å². The molecule has 12 heteroatoms. The molecule has 0 bridgehead atoms. The van der Waals surface area contributed by atoms with Gasteiger partial charge in [-0.25, -0.2) is 19.2 Å². The van der Waals surface area contributed by atoms with E-state index in [9.17, 15) is 19.2 Å². The number of carbonyl (C=O) groups is 4. The van der Waals surface area contributed by atoms with Gasteiger partial charge in [-0.05, 0) is 158 Å². The molecule has 0 radical (unpaired) electrons. The van der Waals surface area contributed by atoms with E-state index >= 15 is 0 Å². The lowest BCUT2D eigenvalue weighted by Crippen LogP contribution is -2.24. The summed E-state index contributed by atoms with van der Waals surface area (Å²) in [5.41, 5.74) is 30.1. The molecular formula is C53H66N4O8. The normalized spacial score (nSPS) is 18.3. The van der Waals surface area contributed by atoms with Crippen molar-refractivity contribution in [2.24, 2.45) is 11.8 Å². The molecule has 0 aliphatic heterocycles. The Hall–Kier alpha value is -6.56. The molecule has 0 amide bonds. The molecular weight excluding hydrogens is 821 g/mol. The molecule has 8 N–H and O–H groups in total. The second-order valence-corrected chi connectivity index (χ2v) is 17.0. The van der Waals surface area contributed by atoms with E-state index < -0.39 is 11.9 Å². The zero-order chi connectivity index (χ0) is 46.6. The Balaban J connectivity index is 0.000000244. The average molecular weight is 887 g/mol. The van der Waals surface area contributed by atoms with Gasteiger partial charge in [0.2, 0.25) is 0 Å². The standard InChI is InChI=1S/C27H34N2O4.C26H32N2O4/c1-2-3-19-6-12-24(13-7-19)33-27(31)21-9-4-20(5-10-21)8-15-26(30)32-17-16-22-18-23(28)11-14-25(22)29;1-2-18-5-11-23(12-6-18)32-26(30)20-8-3-19(4-9-20)7-14-25(29)31-16-15-21-17-22(27)10-13-24(21)28/h4-5,8-11,14-15,18-19,24H,2-3,6-7,12-13,16-17,28-29H2,1H3;3-4,7-10,13-14,17-18,23H,2,5-6,11-12,15-16,27-28H2,1H3/b15-8+;14-7+. The van der Waals surface area contributed by atoms with E-state index in [1.165, 1.54) is 31.4 Å². The summed E-state index contributed by atoms with van der Waals surface area (Å²) < 4.78 is 21.8. The molecule has 0 saturated heterocycles. The van der Waals surface area contributed by atoms with E-state index in [0.717, 1.165) is 85.5 Å². The SMILES string of the molecule is CCC1CCC(OC(=O)c2ccc(/C=C/C(=O)OCCc3cc(N)ccc3N)cc2)CC1.CCCC1CCC(OC(=O)c2ccc(/C=C/C(=O)OCCc3cc(N)ccc3N)cc2)CC1. The van der Waals surface area contributed by atoms with Crippen molar-refractivity contribution in [2.75, 3.05) is 36.1 Å². The third-order valence-electron chi connectivity index (χ3n) is 12.1. The number of anilines is 4. The molecule has 346 valence electrons. The maximum Gasteiger partial charge on any atom is 0.338 e. The van der Waals surface area contributed by atoms with E-state index in [2.05, 4.69) is 13.8 Å². The predicted octanol–water partition coefficient (Wildman–Crippen LogP) is 9.94. The fourth-order valence-corrected chi connectivity index (χ4v) is 8.14. The maximum absolute atomic E-state index is 12.4. The van der Waals surface area contributed by atoms with Gasteiger partial charge in [0.25, 0.3) is 0 Å². The average Bonchev–Trinajstić information content (AvgIpc) is 3.31. The van der Waals surface area contributed by atoms with Gasteiger partial charge in [-0.2, -0.15) is 0 Å². The topological polar surface area (TPSA) is 209 Å². The van der Waals surface area contributed by atoms with Gasteiger partial charge < -0.3 is 41.9 Å². The fourth-order valence-electron chi connectivity index (χ4n) is 8.14. The number of benzene rings is 4. The highest BCUT2D eigenvalue weighted by molar-refractivity contribution is 5.91. The first-order chi connectivity index (χ1) is 31.4. The minimum atomic E-state index is -0.446. The summed E-state index contributed by atoms with van der Waals surface area (Å²) in [4.78, 5) is 48.8. The van der Waals surface area contributed by atoms with Crippen LogP contribution in [0.2, 0.25) is 0 Å². The Morgan fingerprint density at radius 2 is 0.938 bits per heavy atom. The monoisotopic (exact) mass is 886 g/mol. The number of rotatable bonds is 17. The van der Waals surface area contributed by atoms with E-state index in [1.807, 2.05) is 0 Å². The van der Waals surface area contributed by atoms with Crippen molar-refractivity contribution in [2.45, 2.75) is 110 Å². The second-order valence-electron chi connectivity index (χ2n) is 17.0. The smallest absolute Gasteiger partial charge is 0.338 e. The molecule has 2 saturated carbocycles. The van der Waals surface area contributed by atoms with Crippen LogP contribution in [0.15, 0.2) is 97.1 Å². The van der Waals surface area contributed by atoms with Crippen LogP contribution >= 0.6 is 0 Å². The number of ether oxygens (including phenoxy) is 4. The molecule has 0 aromatic heterocycles. The van der Waals surface area contributed by atoms with Crippen molar-refractivity contribution in [1.29, 1.82) is 0 Å². The van der Waals surface area contributed by atoms with Crippen LogP contribution in [-0.4, -0.2) is 49.3 Å². The molecule has 0 unspecified atom stereocenters. The Morgan fingerprint density at radius 3 is 1.32 bits per heavy atom. The predicted molar refractivity (Wildman–Crippen MR) is 258 cm³/mol. The van der Waals surface area contributed by atoms with Crippen LogP contribution in [0.5, 0.6) is 0 Å². The summed E-state index contributed by atoms with van der Waals surface area (Å²) in [6.07, 6.45) is 19.0. The Kier molecular flexibility index (Phi) is 19.5. The van der Waals surface area contributed by atoms with Crippen molar-refractivity contribution >= 4 is 58.8 Å². The Bertz CT molecular complexity index is 2220. The van der Waals surface area contributed by atoms with Crippen molar-refractivity contribution < 1.29 is 38.1 Å². The van der Waals surface area contributed by atoms with Crippen LogP contribution in [-0.2, 0) is 41.4 Å². The molecule has 2 aliphatic rings. The lowest BCUT2D eigenvalue weighted by molar-refractivity contribution is -0.138. The summed E-state index contributed by atoms with van der Waals surface area (Å²) in [7, 11) is 0. The van der Waals surface area contributed by atoms with Crippen molar-refractivity contribution in [3.63, 3.8) is 0 Å². The van der Waals surface area contributed by atoms with E-state index in [0.29, 0.717) is 46.7 Å². The lowest BCUT2D eigenvalue weighted by atomic mass is 9.85. The number of nitrogen functional groups attached to an aromatic ring is 4. The van der Waals surface area contributed by atoms with Crippen molar-refractivity contribution in [1.82, 2.24) is 0 Å². The summed E-state index contributed by atoms with van der Waals surface area (Å²) in [5.74, 6) is 0.0691. The minimum absolute atomic E-state index is 0.0160. The Labute approximate surface area is 383 Å². The third kappa shape index (κ3) is 16.8. The number of nitrogens with two attached hydrogens (primary N) is 4. The zero-order valence-corrected chi connectivity index (χ0v) is 37.9. The van der Waals surface area contributed by atoms with Gasteiger partial charge >= 0.3 is 23.9 Å². The molecule has 0 heterocycles. The van der Waals surface area contributed by atoms with Gasteiger partial charge in [0, 0.05) is 47.7 Å². The van der Waals surface area contributed by atoms with Gasteiger partial charge in [-0.15, -0.1) is 0 Å². The molecule has 2 fully saturated rings. The third-order valence-corrected chi connectivity index (χ3v) is 12.1. The van der Waals surface area contributed by atoms with Gasteiger partial charge in [-0.3, -0.25) is 0 Å². The molecule has 2 aliphatic carbocycles. The Morgan fingerprint density at radius 1 is 0.538 bits per heavy atom. The number of hydrogen-bond acceptors (Lipinski definition) is 12. The van der Waals surface area contributed by atoms with E-state index in [4.69, 9.17) is 41.9 Å². The molecule has 4 aromatic rings. The van der Waals surface area contributed by atoms with Gasteiger partial charge in [0.15, 0.2) is 0 Å². The van der Waals surface area contributed by atoms with Crippen LogP contribution in [0.1, 0.15) is 127 Å². The molecule has 6 rings (SSSR count). The van der Waals surface area contributed by atoms with Crippen LogP contribution in [0.4, 0.5) is 22.7 Å². The zero-order valence-electron chi connectivity index (χ0n) is 37.9. The highest BCUT2D eigenvalue weighted by Gasteiger charge is 2.25. The maximum atomic E-state index is 12.4. The summed E-state index contributed by atoms with van der Waals surface area (Å²) in [5, 5.41) is 0. The number of esters is 4. The number of carbonyl (C=O) groups excluding carboxylic acids is 4. The highest BCUT2D eigenvalue weighted by Crippen LogP contribution is 2.31. The number of hydrogen-bond donors (Lipinski definition) is 4. The van der Waals surface area contributed by atoms with E-state index in [1.54, 1.807) is 97.1 Å². The summed E-state index contributed by atoms with van der Waals surface area (Å²) >= 11 is 0. The summed E-state index contributed by atoms with van der Waals surface area (Å²) in [6.45, 7) is 4.85. The lowest BCUT2D eigenvalue weighted by Gasteiger charge is -2.28. The molecule has 0 spiro atoms. The highest BCUT2D eigenvalue weighted by atomic mass is 16.6. The summed E-state index contributed by atoms with van der Waals surface area (Å²) in [6, 6.07) is 24.5. The van der Waals surface area contributed by atoms with Gasteiger partial charge in [0.05, 0.1) is 24.3 Å². The van der Waals surface area contributed by atoms with Crippen LogP contribution < -0.4 is 22.9 Å². The first-order valence-corrected chi connectivity index (χ1v) is 23.0. The fraction of sp³-hybridized carbons (Fsp3) is 0.396. The molecule has 12 nitrogen and oxygen atoms in total. The molecule has 4 aromatic carbocycles. The van der Waals surface area contributed by atoms with Crippen molar-refractivity contribution in [3.05, 3.63) is 130 Å². The van der Waals surface area contributed by atoms with E-state index in [-0.39, 0.29) is 37.4 Å². The minimum Gasteiger partial charge on any atom is -0.462 e. The van der Waals surface area contributed by atoms with Gasteiger partial charge in [0.1, 0.15) is 12.2 Å². The first-order valence-electron chi connectivity index (χ1n) is 23.0.